The van der Waals surface area contributed by atoms with E-state index in [-0.39, 0.29) is 11.9 Å². The molecule has 5 nitrogen and oxygen atoms in total. The summed E-state index contributed by atoms with van der Waals surface area (Å²) in [6.45, 7) is 4.98. The monoisotopic (exact) mass is 424 g/mol. The Bertz CT molecular complexity index is 800. The number of carbonyl (C=O) groups excluding carboxylic acids is 2. The number of anilines is 2. The fourth-order valence-corrected chi connectivity index (χ4v) is 3.53. The van der Waals surface area contributed by atoms with Crippen LogP contribution in [0, 0.1) is 0 Å². The molecule has 0 aromatic heterocycles. The minimum Gasteiger partial charge on any atom is -0.462 e. The van der Waals surface area contributed by atoms with Crippen LogP contribution in [0.5, 0.6) is 0 Å². The van der Waals surface area contributed by atoms with E-state index in [1.54, 1.807) is 48.2 Å². The summed E-state index contributed by atoms with van der Waals surface area (Å²) in [4.78, 5) is 26.9. The maximum atomic E-state index is 13.2. The highest BCUT2D eigenvalue weighted by Gasteiger charge is 2.18. The Morgan fingerprint density at radius 1 is 0.774 bits per heavy atom. The molecule has 2 rings (SSSR count). The van der Waals surface area contributed by atoms with Crippen molar-refractivity contribution < 1.29 is 14.3 Å². The fourth-order valence-electron chi connectivity index (χ4n) is 3.53. The third kappa shape index (κ3) is 8.08. The Balaban J connectivity index is 2.04. The summed E-state index contributed by atoms with van der Waals surface area (Å²) in [6.07, 6.45) is 9.65. The lowest BCUT2D eigenvalue weighted by Gasteiger charge is -2.23. The third-order valence-electron chi connectivity index (χ3n) is 5.33. The third-order valence-corrected chi connectivity index (χ3v) is 5.33. The molecule has 0 saturated heterocycles. The zero-order chi connectivity index (χ0) is 22.5. The van der Waals surface area contributed by atoms with E-state index in [4.69, 9.17) is 10.5 Å². The first-order chi connectivity index (χ1) is 15.1. The summed E-state index contributed by atoms with van der Waals surface area (Å²) in [5, 5.41) is 0. The van der Waals surface area contributed by atoms with E-state index < -0.39 is 0 Å². The van der Waals surface area contributed by atoms with Crippen molar-refractivity contribution in [3.05, 3.63) is 59.7 Å². The van der Waals surface area contributed by atoms with Gasteiger partial charge in [0, 0.05) is 23.5 Å². The number of hydrogen-bond donors (Lipinski definition) is 1. The van der Waals surface area contributed by atoms with Crippen LogP contribution in [0.15, 0.2) is 48.5 Å². The molecule has 2 aromatic carbocycles. The lowest BCUT2D eigenvalue weighted by atomic mass is 10.1. The number of nitrogens with two attached hydrogens (primary N) is 1. The standard InChI is InChI=1S/C26H36N2O3/c1-3-5-6-7-8-9-10-11-20-28(25(29)21-12-16-23(27)17-13-21)24-18-14-22(15-19-24)26(30)31-4-2/h12-19H,3-11,20,27H2,1-2H3. The van der Waals surface area contributed by atoms with Crippen molar-refractivity contribution in [3.63, 3.8) is 0 Å². The van der Waals surface area contributed by atoms with Gasteiger partial charge in [0.25, 0.3) is 5.91 Å². The first-order valence-corrected chi connectivity index (χ1v) is 11.5. The van der Waals surface area contributed by atoms with Crippen molar-refractivity contribution >= 4 is 23.3 Å². The molecule has 0 aliphatic heterocycles. The van der Waals surface area contributed by atoms with Gasteiger partial charge in [-0.25, -0.2) is 4.79 Å². The van der Waals surface area contributed by atoms with Crippen molar-refractivity contribution in [2.24, 2.45) is 0 Å². The van der Waals surface area contributed by atoms with Gasteiger partial charge in [0.1, 0.15) is 0 Å². The molecule has 5 heteroatoms. The van der Waals surface area contributed by atoms with Gasteiger partial charge in [-0.15, -0.1) is 0 Å². The maximum Gasteiger partial charge on any atom is 0.338 e. The zero-order valence-corrected chi connectivity index (χ0v) is 18.9. The Labute approximate surface area is 186 Å². The van der Waals surface area contributed by atoms with Gasteiger partial charge >= 0.3 is 5.97 Å². The molecular formula is C26H36N2O3. The van der Waals surface area contributed by atoms with Gasteiger partial charge in [-0.1, -0.05) is 51.9 Å². The van der Waals surface area contributed by atoms with Crippen LogP contribution in [0.2, 0.25) is 0 Å². The molecule has 0 spiro atoms. The number of unbranched alkanes of at least 4 members (excludes halogenated alkanes) is 7. The zero-order valence-electron chi connectivity index (χ0n) is 18.9. The molecule has 0 saturated carbocycles. The van der Waals surface area contributed by atoms with Gasteiger partial charge in [-0.05, 0) is 61.9 Å². The van der Waals surface area contributed by atoms with Crippen molar-refractivity contribution in [1.82, 2.24) is 0 Å². The van der Waals surface area contributed by atoms with Gasteiger partial charge in [-0.3, -0.25) is 4.79 Å². The number of nitrogens with zero attached hydrogens (tertiary/aromatic N) is 1. The predicted molar refractivity (Wildman–Crippen MR) is 128 cm³/mol. The van der Waals surface area contributed by atoms with Gasteiger partial charge in [0.15, 0.2) is 0 Å². The van der Waals surface area contributed by atoms with Gasteiger partial charge in [0.2, 0.25) is 0 Å². The van der Waals surface area contributed by atoms with Crippen molar-refractivity contribution in [3.8, 4) is 0 Å². The van der Waals surface area contributed by atoms with E-state index in [0.717, 1.165) is 18.5 Å². The second-order valence-corrected chi connectivity index (χ2v) is 7.82. The number of hydrogen-bond acceptors (Lipinski definition) is 4. The fraction of sp³-hybridized carbons (Fsp3) is 0.462. The van der Waals surface area contributed by atoms with E-state index in [0.29, 0.717) is 30.0 Å². The van der Waals surface area contributed by atoms with E-state index in [1.165, 1.54) is 38.5 Å². The van der Waals surface area contributed by atoms with Gasteiger partial charge < -0.3 is 15.4 Å². The number of amides is 1. The lowest BCUT2D eigenvalue weighted by Crippen LogP contribution is -2.32. The second kappa shape index (κ2) is 13.5. The van der Waals surface area contributed by atoms with Crippen molar-refractivity contribution in [2.45, 2.75) is 65.2 Å². The van der Waals surface area contributed by atoms with Gasteiger partial charge in [-0.2, -0.15) is 0 Å². The van der Waals surface area contributed by atoms with E-state index in [9.17, 15) is 9.59 Å². The van der Waals surface area contributed by atoms with Crippen LogP contribution in [-0.4, -0.2) is 25.0 Å². The SMILES string of the molecule is CCCCCCCCCCN(C(=O)c1ccc(N)cc1)c1ccc(C(=O)OCC)cc1. The quantitative estimate of drug-likeness (QED) is 0.235. The molecule has 31 heavy (non-hydrogen) atoms. The summed E-state index contributed by atoms with van der Waals surface area (Å²) >= 11 is 0. The highest BCUT2D eigenvalue weighted by molar-refractivity contribution is 6.06. The molecule has 0 fully saturated rings. The molecule has 1 amide bonds. The highest BCUT2D eigenvalue weighted by atomic mass is 16.5. The van der Waals surface area contributed by atoms with Crippen LogP contribution < -0.4 is 10.6 Å². The minimum absolute atomic E-state index is 0.0631. The summed E-state index contributed by atoms with van der Waals surface area (Å²) in [6, 6.07) is 14.0. The van der Waals surface area contributed by atoms with E-state index in [1.807, 2.05) is 12.1 Å². The maximum absolute atomic E-state index is 13.2. The first kappa shape index (κ1) is 24.4. The predicted octanol–water partition coefficient (Wildman–Crippen LogP) is 6.23. The molecule has 0 atom stereocenters. The molecule has 2 aromatic rings. The average Bonchev–Trinajstić information content (AvgIpc) is 2.78. The van der Waals surface area contributed by atoms with Crippen LogP contribution in [0.25, 0.3) is 0 Å². The topological polar surface area (TPSA) is 72.6 Å². The summed E-state index contributed by atoms with van der Waals surface area (Å²) < 4.78 is 5.05. The van der Waals surface area contributed by atoms with Crippen LogP contribution >= 0.6 is 0 Å². The Morgan fingerprint density at radius 2 is 1.32 bits per heavy atom. The number of ether oxygens (including phenoxy) is 1. The number of esters is 1. The number of nitrogen functional groups attached to an aromatic ring is 1. The second-order valence-electron chi connectivity index (χ2n) is 7.82. The van der Waals surface area contributed by atoms with Crippen LogP contribution in [0.4, 0.5) is 11.4 Å². The average molecular weight is 425 g/mol. The number of rotatable bonds is 13. The van der Waals surface area contributed by atoms with Crippen LogP contribution in [-0.2, 0) is 4.74 Å². The Hall–Kier alpha value is -2.82. The Kier molecular flexibility index (Phi) is 10.6. The Morgan fingerprint density at radius 3 is 1.90 bits per heavy atom. The lowest BCUT2D eigenvalue weighted by molar-refractivity contribution is 0.0526. The molecule has 168 valence electrons. The number of benzene rings is 2. The molecule has 0 heterocycles. The molecular weight excluding hydrogens is 388 g/mol. The molecule has 0 radical (unpaired) electrons. The molecule has 0 aliphatic rings. The van der Waals surface area contributed by atoms with Crippen molar-refractivity contribution in [2.75, 3.05) is 23.8 Å². The molecule has 2 N–H and O–H groups in total. The van der Waals surface area contributed by atoms with E-state index in [2.05, 4.69) is 6.92 Å². The largest absolute Gasteiger partial charge is 0.462 e. The summed E-state index contributed by atoms with van der Waals surface area (Å²) in [5.41, 5.74) is 8.26. The number of carbonyl (C=O) groups is 2. The minimum atomic E-state index is -0.353. The van der Waals surface area contributed by atoms with E-state index >= 15 is 0 Å². The highest BCUT2D eigenvalue weighted by Crippen LogP contribution is 2.21. The molecule has 0 aliphatic carbocycles. The summed E-state index contributed by atoms with van der Waals surface area (Å²) in [7, 11) is 0. The van der Waals surface area contributed by atoms with Crippen molar-refractivity contribution in [1.29, 1.82) is 0 Å². The normalized spacial score (nSPS) is 10.6. The van der Waals surface area contributed by atoms with Crippen LogP contribution in [0.1, 0.15) is 85.9 Å². The smallest absolute Gasteiger partial charge is 0.338 e. The molecule has 0 unspecified atom stereocenters. The van der Waals surface area contributed by atoms with Gasteiger partial charge in [0.05, 0.1) is 12.2 Å². The summed E-state index contributed by atoms with van der Waals surface area (Å²) in [5.74, 6) is -0.416. The first-order valence-electron chi connectivity index (χ1n) is 11.5. The molecule has 0 bridgehead atoms. The van der Waals surface area contributed by atoms with Crippen LogP contribution in [0.3, 0.4) is 0 Å².